The Kier molecular flexibility index (Phi) is 2.62. The Labute approximate surface area is 135 Å². The van der Waals surface area contributed by atoms with Crippen molar-refractivity contribution in [3.63, 3.8) is 0 Å². The minimum atomic E-state index is -0.0943. The SMILES string of the molecule is O=C1C(c2cc(O)ccc2C2CC2)=C(O)C2C3C=CC(CC3)C12. The third kappa shape index (κ3) is 1.79. The number of allylic oxidation sites excluding steroid dienone is 4. The summed E-state index contributed by atoms with van der Waals surface area (Å²) in [5.41, 5.74) is 2.36. The van der Waals surface area contributed by atoms with E-state index in [1.807, 2.05) is 6.07 Å². The van der Waals surface area contributed by atoms with Gasteiger partial charge in [-0.05, 0) is 66.7 Å². The first-order valence-corrected chi connectivity index (χ1v) is 8.64. The predicted molar refractivity (Wildman–Crippen MR) is 87.0 cm³/mol. The van der Waals surface area contributed by atoms with Crippen LogP contribution in [0.2, 0.25) is 0 Å². The van der Waals surface area contributed by atoms with E-state index in [0.29, 0.717) is 11.5 Å². The molecule has 0 saturated heterocycles. The van der Waals surface area contributed by atoms with Crippen LogP contribution in [-0.2, 0) is 4.79 Å². The van der Waals surface area contributed by atoms with Crippen molar-refractivity contribution in [3.8, 4) is 5.75 Å². The van der Waals surface area contributed by atoms with Crippen molar-refractivity contribution in [3.05, 3.63) is 47.2 Å². The summed E-state index contributed by atoms with van der Waals surface area (Å²) >= 11 is 0. The lowest BCUT2D eigenvalue weighted by atomic mass is 9.63. The van der Waals surface area contributed by atoms with Crippen LogP contribution in [0.4, 0.5) is 0 Å². The van der Waals surface area contributed by atoms with Crippen molar-refractivity contribution >= 4 is 11.4 Å². The highest BCUT2D eigenvalue weighted by Gasteiger charge is 2.53. The number of carbonyl (C=O) groups is 1. The minimum absolute atomic E-state index is 0.0457. The van der Waals surface area contributed by atoms with Crippen LogP contribution < -0.4 is 0 Å². The number of fused-ring (bicyclic) bond motifs is 1. The fraction of sp³-hybridized carbons (Fsp3) is 0.450. The predicted octanol–water partition coefficient (Wildman–Crippen LogP) is 3.95. The average Bonchev–Trinajstić information content (AvgIpc) is 3.36. The second-order valence-corrected chi connectivity index (χ2v) is 7.51. The first-order chi connectivity index (χ1) is 11.1. The number of ketones is 1. The van der Waals surface area contributed by atoms with E-state index in [1.54, 1.807) is 12.1 Å². The van der Waals surface area contributed by atoms with Gasteiger partial charge >= 0.3 is 0 Å². The summed E-state index contributed by atoms with van der Waals surface area (Å²) < 4.78 is 0. The van der Waals surface area contributed by atoms with E-state index in [1.165, 1.54) is 0 Å². The van der Waals surface area contributed by atoms with Gasteiger partial charge in [0, 0.05) is 11.8 Å². The molecule has 2 saturated carbocycles. The number of aliphatic hydroxyl groups is 1. The normalized spacial score (nSPS) is 35.0. The molecule has 4 unspecified atom stereocenters. The smallest absolute Gasteiger partial charge is 0.171 e. The number of aromatic hydroxyl groups is 1. The van der Waals surface area contributed by atoms with Crippen LogP contribution in [0.1, 0.15) is 42.7 Å². The second kappa shape index (κ2) is 4.50. The summed E-state index contributed by atoms with van der Waals surface area (Å²) in [5, 5.41) is 20.8. The van der Waals surface area contributed by atoms with Crippen LogP contribution in [0.3, 0.4) is 0 Å². The topological polar surface area (TPSA) is 57.5 Å². The number of carbonyl (C=O) groups excluding carboxylic acids is 1. The van der Waals surface area contributed by atoms with Crippen LogP contribution in [0, 0.1) is 23.7 Å². The molecule has 0 aliphatic heterocycles. The Morgan fingerprint density at radius 3 is 2.22 bits per heavy atom. The monoisotopic (exact) mass is 308 g/mol. The average molecular weight is 308 g/mol. The van der Waals surface area contributed by atoms with Gasteiger partial charge in [-0.15, -0.1) is 0 Å². The van der Waals surface area contributed by atoms with Gasteiger partial charge in [-0.2, -0.15) is 0 Å². The second-order valence-electron chi connectivity index (χ2n) is 7.51. The van der Waals surface area contributed by atoms with Gasteiger partial charge in [-0.1, -0.05) is 18.2 Å². The highest BCUT2D eigenvalue weighted by atomic mass is 16.3. The van der Waals surface area contributed by atoms with E-state index in [0.717, 1.165) is 36.8 Å². The van der Waals surface area contributed by atoms with Gasteiger partial charge in [-0.3, -0.25) is 4.79 Å². The zero-order valence-electron chi connectivity index (χ0n) is 12.9. The van der Waals surface area contributed by atoms with Crippen molar-refractivity contribution in [1.82, 2.24) is 0 Å². The maximum Gasteiger partial charge on any atom is 0.171 e. The third-order valence-corrected chi connectivity index (χ3v) is 6.19. The Bertz CT molecular complexity index is 769. The minimum Gasteiger partial charge on any atom is -0.511 e. The summed E-state index contributed by atoms with van der Waals surface area (Å²) in [6.45, 7) is 0. The molecule has 3 heteroatoms. The van der Waals surface area contributed by atoms with Crippen LogP contribution in [0.25, 0.3) is 5.57 Å². The Balaban J connectivity index is 1.67. The van der Waals surface area contributed by atoms with Gasteiger partial charge in [0.2, 0.25) is 0 Å². The van der Waals surface area contributed by atoms with Gasteiger partial charge in [-0.25, -0.2) is 0 Å². The molecule has 0 radical (unpaired) electrons. The molecule has 2 fully saturated rings. The number of hydrogen-bond donors (Lipinski definition) is 2. The summed E-state index contributed by atoms with van der Waals surface area (Å²) in [6.07, 6.45) is 8.71. The van der Waals surface area contributed by atoms with E-state index in [2.05, 4.69) is 12.2 Å². The number of Topliss-reactive ketones (excluding diaryl/α,β-unsaturated/α-hetero) is 1. The molecule has 3 nitrogen and oxygen atoms in total. The molecule has 1 aromatic rings. The van der Waals surface area contributed by atoms with Gasteiger partial charge in [0.25, 0.3) is 0 Å². The molecule has 4 atom stereocenters. The molecule has 23 heavy (non-hydrogen) atoms. The van der Waals surface area contributed by atoms with E-state index in [-0.39, 0.29) is 41.0 Å². The van der Waals surface area contributed by atoms with E-state index in [4.69, 9.17) is 0 Å². The lowest BCUT2D eigenvalue weighted by molar-refractivity contribution is -0.120. The Hall–Kier alpha value is -2.03. The maximum atomic E-state index is 13.1. The van der Waals surface area contributed by atoms with Crippen molar-refractivity contribution in [2.75, 3.05) is 0 Å². The molecule has 0 spiro atoms. The number of hydrogen-bond acceptors (Lipinski definition) is 3. The number of rotatable bonds is 2. The third-order valence-electron chi connectivity index (χ3n) is 6.19. The molecule has 5 aliphatic carbocycles. The summed E-state index contributed by atoms with van der Waals surface area (Å²) in [5.74, 6) is 1.39. The molecule has 0 amide bonds. The molecule has 6 rings (SSSR count). The molecular weight excluding hydrogens is 288 g/mol. The fourth-order valence-corrected chi connectivity index (χ4v) is 4.97. The summed E-state index contributed by atoms with van der Waals surface area (Å²) in [6, 6.07) is 5.28. The van der Waals surface area contributed by atoms with Crippen molar-refractivity contribution in [2.45, 2.75) is 31.6 Å². The van der Waals surface area contributed by atoms with Crippen LogP contribution >= 0.6 is 0 Å². The highest BCUT2D eigenvalue weighted by molar-refractivity contribution is 6.25. The number of aliphatic hydroxyl groups excluding tert-OH is 1. The van der Waals surface area contributed by atoms with Crippen molar-refractivity contribution in [1.29, 1.82) is 0 Å². The first kappa shape index (κ1) is 13.4. The van der Waals surface area contributed by atoms with E-state index >= 15 is 0 Å². The zero-order valence-corrected chi connectivity index (χ0v) is 12.9. The van der Waals surface area contributed by atoms with Gasteiger partial charge in [0.05, 0.1) is 5.57 Å². The molecule has 5 aliphatic rings. The van der Waals surface area contributed by atoms with E-state index < -0.39 is 0 Å². The largest absolute Gasteiger partial charge is 0.511 e. The summed E-state index contributed by atoms with van der Waals surface area (Å²) in [7, 11) is 0. The van der Waals surface area contributed by atoms with Crippen LogP contribution in [0.15, 0.2) is 36.1 Å². The number of phenolic OH excluding ortho intramolecular Hbond substituents is 1. The molecule has 2 bridgehead atoms. The summed E-state index contributed by atoms with van der Waals surface area (Å²) in [4.78, 5) is 13.1. The van der Waals surface area contributed by atoms with E-state index in [9.17, 15) is 15.0 Å². The molecule has 1 aromatic carbocycles. The van der Waals surface area contributed by atoms with Gasteiger partial charge in [0.1, 0.15) is 11.5 Å². The molecule has 2 N–H and O–H groups in total. The van der Waals surface area contributed by atoms with Crippen LogP contribution in [0.5, 0.6) is 5.75 Å². The number of phenols is 1. The van der Waals surface area contributed by atoms with Gasteiger partial charge < -0.3 is 10.2 Å². The molecular formula is C20H20O3. The van der Waals surface area contributed by atoms with Gasteiger partial charge in [0.15, 0.2) is 5.78 Å². The standard InChI is InChI=1S/C20H20O3/c21-13-7-8-14(10-1-2-10)15(9-13)18-19(22)16-11-3-4-12(6-5-11)17(16)20(18)23/h3-4,7-12,16-17,21-22H,1-2,5-6H2. The lowest BCUT2D eigenvalue weighted by Crippen LogP contribution is -2.38. The highest BCUT2D eigenvalue weighted by Crippen LogP contribution is 2.55. The fourth-order valence-electron chi connectivity index (χ4n) is 4.97. The molecule has 0 heterocycles. The lowest BCUT2D eigenvalue weighted by Gasteiger charge is -2.40. The molecule has 118 valence electrons. The van der Waals surface area contributed by atoms with Crippen LogP contribution in [-0.4, -0.2) is 16.0 Å². The van der Waals surface area contributed by atoms with Crippen molar-refractivity contribution < 1.29 is 15.0 Å². The van der Waals surface area contributed by atoms with Crippen molar-refractivity contribution in [2.24, 2.45) is 23.7 Å². The zero-order chi connectivity index (χ0) is 15.7. The Morgan fingerprint density at radius 1 is 0.913 bits per heavy atom. The quantitative estimate of drug-likeness (QED) is 0.813. The Morgan fingerprint density at radius 2 is 1.61 bits per heavy atom. The first-order valence-electron chi connectivity index (χ1n) is 8.64. The number of benzene rings is 1. The molecule has 0 aromatic heterocycles. The maximum absolute atomic E-state index is 13.1.